The molecule has 0 bridgehead atoms. The summed E-state index contributed by atoms with van der Waals surface area (Å²) in [5, 5.41) is 0.651. The lowest BCUT2D eigenvalue weighted by Gasteiger charge is -2.19. The minimum Gasteiger partial charge on any atom is -0.369 e. The standard InChI is InChI=1S/C19H24ClN3S.ClH/c1-5-13-8-7-9-15(10-13)23(3)19(21)22-16-11-14(6-2)12-17(24-4)18(16)20;/h7-12H,5-6H2,1-4H3,(H2,21,22);1H. The summed E-state index contributed by atoms with van der Waals surface area (Å²) in [5.41, 5.74) is 10.4. The van der Waals surface area contributed by atoms with Gasteiger partial charge < -0.3 is 10.6 Å². The molecule has 3 nitrogen and oxygen atoms in total. The maximum atomic E-state index is 6.48. The largest absolute Gasteiger partial charge is 0.369 e. The smallest absolute Gasteiger partial charge is 0.200 e. The van der Waals surface area contributed by atoms with Crippen LogP contribution in [-0.2, 0) is 12.8 Å². The van der Waals surface area contributed by atoms with E-state index in [0.717, 1.165) is 29.1 Å². The third-order valence-electron chi connectivity index (χ3n) is 3.99. The van der Waals surface area contributed by atoms with Crippen molar-refractivity contribution in [3.05, 3.63) is 52.5 Å². The van der Waals surface area contributed by atoms with E-state index in [1.54, 1.807) is 11.8 Å². The number of aliphatic imine (C=N–C) groups is 1. The van der Waals surface area contributed by atoms with Gasteiger partial charge in [0, 0.05) is 17.6 Å². The molecule has 2 rings (SSSR count). The highest BCUT2D eigenvalue weighted by molar-refractivity contribution is 7.98. The van der Waals surface area contributed by atoms with E-state index in [0.29, 0.717) is 11.0 Å². The molecule has 2 N–H and O–H groups in total. The number of guanidine groups is 1. The number of rotatable bonds is 5. The van der Waals surface area contributed by atoms with Crippen molar-refractivity contribution in [1.82, 2.24) is 0 Å². The normalized spacial score (nSPS) is 11.2. The van der Waals surface area contributed by atoms with Gasteiger partial charge in [0.15, 0.2) is 0 Å². The van der Waals surface area contributed by atoms with Crippen LogP contribution < -0.4 is 10.6 Å². The second kappa shape index (κ2) is 9.95. The number of anilines is 1. The van der Waals surface area contributed by atoms with Crippen molar-refractivity contribution in [2.75, 3.05) is 18.2 Å². The monoisotopic (exact) mass is 397 g/mol. The molecule has 0 heterocycles. The SMILES string of the molecule is CCc1cccc(N(C)C(N)=Nc2cc(CC)cc(SC)c2Cl)c1.Cl. The zero-order valence-electron chi connectivity index (χ0n) is 15.0. The molecule has 0 aliphatic rings. The molecule has 6 heteroatoms. The van der Waals surface area contributed by atoms with Crippen LogP contribution in [0.4, 0.5) is 11.4 Å². The molecule has 0 fully saturated rings. The molecular formula is C19H25Cl2N3S. The number of hydrogen-bond donors (Lipinski definition) is 1. The molecule has 0 radical (unpaired) electrons. The lowest BCUT2D eigenvalue weighted by atomic mass is 10.1. The van der Waals surface area contributed by atoms with Crippen LogP contribution in [0.15, 0.2) is 46.3 Å². The molecule has 0 saturated carbocycles. The van der Waals surface area contributed by atoms with Gasteiger partial charge in [-0.3, -0.25) is 0 Å². The van der Waals surface area contributed by atoms with Gasteiger partial charge in [-0.2, -0.15) is 0 Å². The lowest BCUT2D eigenvalue weighted by Crippen LogP contribution is -2.33. The first-order valence-corrected chi connectivity index (χ1v) is 9.63. The summed E-state index contributed by atoms with van der Waals surface area (Å²) < 4.78 is 0. The summed E-state index contributed by atoms with van der Waals surface area (Å²) in [6.45, 7) is 4.25. The molecule has 0 aromatic heterocycles. The van der Waals surface area contributed by atoms with E-state index in [1.165, 1.54) is 11.1 Å². The van der Waals surface area contributed by atoms with Gasteiger partial charge in [-0.25, -0.2) is 4.99 Å². The van der Waals surface area contributed by atoms with E-state index in [4.69, 9.17) is 17.3 Å². The van der Waals surface area contributed by atoms with Gasteiger partial charge in [0.2, 0.25) is 5.96 Å². The van der Waals surface area contributed by atoms with E-state index in [9.17, 15) is 0 Å². The Labute approximate surface area is 166 Å². The van der Waals surface area contributed by atoms with E-state index in [2.05, 4.69) is 37.0 Å². The fourth-order valence-electron chi connectivity index (χ4n) is 2.39. The number of aryl methyl sites for hydroxylation is 2. The van der Waals surface area contributed by atoms with Crippen molar-refractivity contribution in [3.8, 4) is 0 Å². The van der Waals surface area contributed by atoms with Crippen LogP contribution in [0.5, 0.6) is 0 Å². The average Bonchev–Trinajstić information content (AvgIpc) is 2.62. The third-order valence-corrected chi connectivity index (χ3v) is 5.26. The highest BCUT2D eigenvalue weighted by atomic mass is 35.5. The van der Waals surface area contributed by atoms with Gasteiger partial charge in [0.1, 0.15) is 0 Å². The molecule has 2 aromatic carbocycles. The Morgan fingerprint density at radius 1 is 1.16 bits per heavy atom. The number of nitrogens with zero attached hydrogens (tertiary/aromatic N) is 2. The van der Waals surface area contributed by atoms with Gasteiger partial charge >= 0.3 is 0 Å². The second-order valence-corrected chi connectivity index (χ2v) is 6.76. The number of nitrogens with two attached hydrogens (primary N) is 1. The predicted octanol–water partition coefficient (Wildman–Crippen LogP) is 5.69. The molecule has 0 amide bonds. The highest BCUT2D eigenvalue weighted by Crippen LogP contribution is 2.35. The topological polar surface area (TPSA) is 41.6 Å². The van der Waals surface area contributed by atoms with E-state index in [1.807, 2.05) is 36.4 Å². The second-order valence-electron chi connectivity index (χ2n) is 5.54. The number of halogens is 2. The first-order valence-electron chi connectivity index (χ1n) is 8.03. The Morgan fingerprint density at radius 3 is 2.44 bits per heavy atom. The first-order chi connectivity index (χ1) is 11.5. The molecule has 136 valence electrons. The zero-order chi connectivity index (χ0) is 17.7. The highest BCUT2D eigenvalue weighted by Gasteiger charge is 2.11. The van der Waals surface area contributed by atoms with Crippen LogP contribution in [0.3, 0.4) is 0 Å². The Bertz CT molecular complexity index is 747. The predicted molar refractivity (Wildman–Crippen MR) is 115 cm³/mol. The summed E-state index contributed by atoms with van der Waals surface area (Å²) in [6, 6.07) is 12.4. The van der Waals surface area contributed by atoms with Crippen LogP contribution in [0, 0.1) is 0 Å². The Kier molecular flexibility index (Phi) is 8.63. The molecule has 0 atom stereocenters. The average molecular weight is 398 g/mol. The summed E-state index contributed by atoms with van der Waals surface area (Å²) in [7, 11) is 1.92. The molecular weight excluding hydrogens is 373 g/mol. The minimum absolute atomic E-state index is 0. The van der Waals surface area contributed by atoms with Gasteiger partial charge in [-0.15, -0.1) is 24.2 Å². The van der Waals surface area contributed by atoms with Crippen molar-refractivity contribution >= 4 is 53.1 Å². The van der Waals surface area contributed by atoms with Crippen molar-refractivity contribution < 1.29 is 0 Å². The quantitative estimate of drug-likeness (QED) is 0.400. The van der Waals surface area contributed by atoms with Crippen LogP contribution in [0.1, 0.15) is 25.0 Å². The zero-order valence-corrected chi connectivity index (χ0v) is 17.4. The molecule has 0 aliphatic carbocycles. The number of benzene rings is 2. The maximum absolute atomic E-state index is 6.48. The molecule has 0 aliphatic heterocycles. The van der Waals surface area contributed by atoms with Crippen LogP contribution >= 0.6 is 35.8 Å². The molecule has 0 unspecified atom stereocenters. The Hall–Kier alpha value is -1.36. The van der Waals surface area contributed by atoms with E-state index < -0.39 is 0 Å². The lowest BCUT2D eigenvalue weighted by molar-refractivity contribution is 1.11. The summed E-state index contributed by atoms with van der Waals surface area (Å²) in [5.74, 6) is 0.422. The number of hydrogen-bond acceptors (Lipinski definition) is 2. The maximum Gasteiger partial charge on any atom is 0.200 e. The van der Waals surface area contributed by atoms with Crippen LogP contribution in [0.25, 0.3) is 0 Å². The summed E-state index contributed by atoms with van der Waals surface area (Å²) in [6.07, 6.45) is 3.93. The summed E-state index contributed by atoms with van der Waals surface area (Å²) in [4.78, 5) is 7.49. The molecule has 0 spiro atoms. The number of thioether (sulfide) groups is 1. The van der Waals surface area contributed by atoms with Gasteiger partial charge in [-0.05, 0) is 54.5 Å². The van der Waals surface area contributed by atoms with Crippen molar-refractivity contribution in [3.63, 3.8) is 0 Å². The van der Waals surface area contributed by atoms with Crippen molar-refractivity contribution in [1.29, 1.82) is 0 Å². The fraction of sp³-hybridized carbons (Fsp3) is 0.316. The Balaban J connectivity index is 0.00000312. The molecule has 2 aromatic rings. The third kappa shape index (κ3) is 5.30. The Morgan fingerprint density at radius 2 is 1.84 bits per heavy atom. The summed E-state index contributed by atoms with van der Waals surface area (Å²) >= 11 is 8.10. The van der Waals surface area contributed by atoms with Crippen molar-refractivity contribution in [2.45, 2.75) is 31.6 Å². The van der Waals surface area contributed by atoms with E-state index >= 15 is 0 Å². The van der Waals surface area contributed by atoms with Gasteiger partial charge in [0.25, 0.3) is 0 Å². The van der Waals surface area contributed by atoms with E-state index in [-0.39, 0.29) is 12.4 Å². The molecule has 25 heavy (non-hydrogen) atoms. The minimum atomic E-state index is 0. The van der Waals surface area contributed by atoms with Gasteiger partial charge in [-0.1, -0.05) is 37.6 Å². The first kappa shape index (κ1) is 21.7. The fourth-order valence-corrected chi connectivity index (χ4v) is 3.32. The molecule has 0 saturated heterocycles. The van der Waals surface area contributed by atoms with Crippen LogP contribution in [0.2, 0.25) is 5.02 Å². The van der Waals surface area contributed by atoms with Crippen molar-refractivity contribution in [2.24, 2.45) is 10.7 Å². The van der Waals surface area contributed by atoms with Crippen LogP contribution in [-0.4, -0.2) is 19.3 Å². The van der Waals surface area contributed by atoms with Gasteiger partial charge in [0.05, 0.1) is 10.7 Å².